The molecule has 0 N–H and O–H groups in total. The minimum absolute atomic E-state index is 0.676. The third-order valence-corrected chi connectivity index (χ3v) is 4.72. The minimum Gasteiger partial charge on any atom is -0.396 e. The van der Waals surface area contributed by atoms with E-state index in [1.165, 1.54) is 63.7 Å². The summed E-state index contributed by atoms with van der Waals surface area (Å²) in [7, 11) is 0. The Labute approximate surface area is 130 Å². The second-order valence-corrected chi connectivity index (χ2v) is 6.32. The summed E-state index contributed by atoms with van der Waals surface area (Å²) in [5.41, 5.74) is 4.46. The average Bonchev–Trinajstić information content (AvgIpc) is 2.52. The SMILES string of the molecule is CCCN(CCC)[C@@H]1CCC2=C(CCC/C2=N\OCC)C1. The number of oxime groups is 1. The van der Waals surface area contributed by atoms with Gasteiger partial charge in [0.15, 0.2) is 0 Å². The first-order valence-corrected chi connectivity index (χ1v) is 8.94. The monoisotopic (exact) mass is 292 g/mol. The van der Waals surface area contributed by atoms with E-state index in [0.717, 1.165) is 12.5 Å². The zero-order valence-electron chi connectivity index (χ0n) is 14.2. The highest BCUT2D eigenvalue weighted by atomic mass is 16.6. The number of rotatable bonds is 7. The zero-order valence-corrected chi connectivity index (χ0v) is 14.2. The topological polar surface area (TPSA) is 24.8 Å². The molecule has 3 nitrogen and oxygen atoms in total. The summed E-state index contributed by atoms with van der Waals surface area (Å²) in [6.45, 7) is 9.78. The number of hydrogen-bond acceptors (Lipinski definition) is 3. The lowest BCUT2D eigenvalue weighted by atomic mass is 9.78. The summed E-state index contributed by atoms with van der Waals surface area (Å²) in [4.78, 5) is 8.04. The molecule has 0 aromatic heterocycles. The fourth-order valence-electron chi connectivity index (χ4n) is 3.83. The van der Waals surface area contributed by atoms with Gasteiger partial charge in [0.2, 0.25) is 0 Å². The maximum atomic E-state index is 5.32. The fourth-order valence-corrected chi connectivity index (χ4v) is 3.83. The van der Waals surface area contributed by atoms with Crippen LogP contribution in [0.15, 0.2) is 16.3 Å². The average molecular weight is 292 g/mol. The summed E-state index contributed by atoms with van der Waals surface area (Å²) in [6, 6.07) is 0.759. The van der Waals surface area contributed by atoms with Crippen molar-refractivity contribution in [2.45, 2.75) is 78.2 Å². The summed E-state index contributed by atoms with van der Waals surface area (Å²) in [5.74, 6) is 0. The molecule has 0 aromatic carbocycles. The van der Waals surface area contributed by atoms with Gasteiger partial charge in [-0.05, 0) is 77.0 Å². The summed E-state index contributed by atoms with van der Waals surface area (Å²) >= 11 is 0. The predicted octanol–water partition coefficient (Wildman–Crippen LogP) is 4.53. The highest BCUT2D eigenvalue weighted by molar-refractivity contribution is 6.01. The first-order valence-electron chi connectivity index (χ1n) is 8.94. The largest absolute Gasteiger partial charge is 0.396 e. The summed E-state index contributed by atoms with van der Waals surface area (Å²) in [6.07, 6.45) is 9.93. The van der Waals surface area contributed by atoms with Gasteiger partial charge in [-0.25, -0.2) is 0 Å². The molecule has 0 unspecified atom stereocenters. The number of allylic oxidation sites excluding steroid dienone is 1. The Balaban J connectivity index is 2.07. The summed E-state index contributed by atoms with van der Waals surface area (Å²) < 4.78 is 0. The van der Waals surface area contributed by atoms with Crippen LogP contribution in [0.4, 0.5) is 0 Å². The van der Waals surface area contributed by atoms with Gasteiger partial charge in [-0.3, -0.25) is 0 Å². The Bertz CT molecular complexity index is 381. The zero-order chi connectivity index (χ0) is 15.1. The van der Waals surface area contributed by atoms with E-state index in [-0.39, 0.29) is 0 Å². The smallest absolute Gasteiger partial charge is 0.114 e. The van der Waals surface area contributed by atoms with Gasteiger partial charge in [-0.1, -0.05) is 24.6 Å². The van der Waals surface area contributed by atoms with Gasteiger partial charge in [-0.15, -0.1) is 0 Å². The van der Waals surface area contributed by atoms with Gasteiger partial charge in [0.1, 0.15) is 6.61 Å². The molecular formula is C18H32N2O. The molecule has 0 radical (unpaired) electrons. The van der Waals surface area contributed by atoms with Crippen LogP contribution in [0.3, 0.4) is 0 Å². The van der Waals surface area contributed by atoms with Crippen molar-refractivity contribution in [1.82, 2.24) is 4.90 Å². The molecule has 21 heavy (non-hydrogen) atoms. The third kappa shape index (κ3) is 4.32. The maximum Gasteiger partial charge on any atom is 0.114 e. The first kappa shape index (κ1) is 16.5. The van der Waals surface area contributed by atoms with Crippen LogP contribution in [0, 0.1) is 0 Å². The number of hydrogen-bond donors (Lipinski definition) is 0. The van der Waals surface area contributed by atoms with Crippen molar-refractivity contribution in [2.24, 2.45) is 5.16 Å². The van der Waals surface area contributed by atoms with Crippen LogP contribution in [0.1, 0.15) is 72.1 Å². The molecule has 0 saturated heterocycles. The minimum atomic E-state index is 0.676. The molecule has 2 rings (SSSR count). The molecule has 1 atom stereocenters. The van der Waals surface area contributed by atoms with Gasteiger partial charge in [0.05, 0.1) is 5.71 Å². The van der Waals surface area contributed by atoms with Crippen molar-refractivity contribution in [3.63, 3.8) is 0 Å². The molecule has 2 aliphatic carbocycles. The van der Waals surface area contributed by atoms with Crippen LogP contribution in [-0.4, -0.2) is 36.3 Å². The van der Waals surface area contributed by atoms with Gasteiger partial charge in [-0.2, -0.15) is 0 Å². The van der Waals surface area contributed by atoms with Crippen LogP contribution in [0.2, 0.25) is 0 Å². The van der Waals surface area contributed by atoms with E-state index >= 15 is 0 Å². The quantitative estimate of drug-likeness (QED) is 0.644. The van der Waals surface area contributed by atoms with E-state index in [2.05, 4.69) is 23.9 Å². The molecule has 0 saturated carbocycles. The van der Waals surface area contributed by atoms with E-state index in [9.17, 15) is 0 Å². The standard InChI is InChI=1S/C18H32N2O/c1-4-12-20(13-5-2)16-10-11-17-15(14-16)8-7-9-18(17)19-21-6-3/h16H,4-14H2,1-3H3/b19-18+/t16-/m1/s1. The van der Waals surface area contributed by atoms with Crippen LogP contribution in [0.5, 0.6) is 0 Å². The van der Waals surface area contributed by atoms with E-state index < -0.39 is 0 Å². The Morgan fingerprint density at radius 1 is 1.10 bits per heavy atom. The molecule has 0 bridgehead atoms. The van der Waals surface area contributed by atoms with E-state index in [1.54, 1.807) is 11.1 Å². The normalized spacial score (nSPS) is 24.6. The van der Waals surface area contributed by atoms with Gasteiger partial charge in [0.25, 0.3) is 0 Å². The third-order valence-electron chi connectivity index (χ3n) is 4.72. The van der Waals surface area contributed by atoms with Gasteiger partial charge in [0, 0.05) is 6.04 Å². The van der Waals surface area contributed by atoms with Gasteiger partial charge >= 0.3 is 0 Å². The second kappa shape index (κ2) is 8.57. The van der Waals surface area contributed by atoms with Crippen LogP contribution in [0.25, 0.3) is 0 Å². The van der Waals surface area contributed by atoms with E-state index in [0.29, 0.717) is 6.61 Å². The van der Waals surface area contributed by atoms with Crippen molar-refractivity contribution in [3.8, 4) is 0 Å². The molecule has 0 amide bonds. The van der Waals surface area contributed by atoms with Crippen LogP contribution < -0.4 is 0 Å². The highest BCUT2D eigenvalue weighted by Gasteiger charge is 2.29. The highest BCUT2D eigenvalue weighted by Crippen LogP contribution is 2.36. The molecular weight excluding hydrogens is 260 g/mol. The predicted molar refractivity (Wildman–Crippen MR) is 89.7 cm³/mol. The van der Waals surface area contributed by atoms with Gasteiger partial charge < -0.3 is 9.74 Å². The van der Waals surface area contributed by atoms with E-state index in [1.807, 2.05) is 6.92 Å². The summed E-state index contributed by atoms with van der Waals surface area (Å²) in [5, 5.41) is 4.37. The lowest BCUT2D eigenvalue weighted by Gasteiger charge is -2.37. The Morgan fingerprint density at radius 3 is 2.52 bits per heavy atom. The Morgan fingerprint density at radius 2 is 1.86 bits per heavy atom. The molecule has 2 aliphatic rings. The lowest BCUT2D eigenvalue weighted by Crippen LogP contribution is -2.39. The van der Waals surface area contributed by atoms with Crippen molar-refractivity contribution < 1.29 is 4.84 Å². The first-order chi connectivity index (χ1) is 10.3. The molecule has 0 aliphatic heterocycles. The molecule has 0 spiro atoms. The maximum absolute atomic E-state index is 5.32. The fraction of sp³-hybridized carbons (Fsp3) is 0.833. The molecule has 0 heterocycles. The van der Waals surface area contributed by atoms with Crippen molar-refractivity contribution >= 4 is 5.71 Å². The second-order valence-electron chi connectivity index (χ2n) is 6.32. The van der Waals surface area contributed by atoms with Crippen LogP contribution in [-0.2, 0) is 4.84 Å². The van der Waals surface area contributed by atoms with Crippen molar-refractivity contribution in [3.05, 3.63) is 11.1 Å². The molecule has 0 aromatic rings. The molecule has 0 fully saturated rings. The molecule has 3 heteroatoms. The van der Waals surface area contributed by atoms with Crippen molar-refractivity contribution in [2.75, 3.05) is 19.7 Å². The Hall–Kier alpha value is -0.830. The Kier molecular flexibility index (Phi) is 6.75. The lowest BCUT2D eigenvalue weighted by molar-refractivity contribution is 0.157. The van der Waals surface area contributed by atoms with E-state index in [4.69, 9.17) is 4.84 Å². The number of nitrogens with zero attached hydrogens (tertiary/aromatic N) is 2. The molecule has 120 valence electrons. The van der Waals surface area contributed by atoms with Crippen LogP contribution >= 0.6 is 0 Å². The van der Waals surface area contributed by atoms with Crippen molar-refractivity contribution in [1.29, 1.82) is 0 Å².